The summed E-state index contributed by atoms with van der Waals surface area (Å²) >= 11 is 1.44. The highest BCUT2D eigenvalue weighted by Gasteiger charge is 2.32. The maximum atomic E-state index is 10.4. The quantitative estimate of drug-likeness (QED) is 0.840. The number of aromatic nitrogens is 1. The summed E-state index contributed by atoms with van der Waals surface area (Å²) < 4.78 is 10.8. The van der Waals surface area contributed by atoms with Crippen molar-refractivity contribution in [1.29, 1.82) is 5.41 Å². The van der Waals surface area contributed by atoms with Crippen molar-refractivity contribution in [2.24, 2.45) is 0 Å². The number of rotatable bonds is 5. The molecule has 3 heterocycles. The van der Waals surface area contributed by atoms with Gasteiger partial charge in [-0.25, -0.2) is 4.98 Å². The van der Waals surface area contributed by atoms with Gasteiger partial charge in [-0.1, -0.05) is 0 Å². The smallest absolute Gasteiger partial charge is 0.135 e. The van der Waals surface area contributed by atoms with Crippen molar-refractivity contribution >= 4 is 22.7 Å². The topological polar surface area (TPSA) is 78.7 Å². The fourth-order valence-corrected chi connectivity index (χ4v) is 4.23. The number of nitrogens with one attached hydrogen (secondary N) is 1. The lowest BCUT2D eigenvalue weighted by Crippen LogP contribution is -2.34. The molecule has 1 aromatic carbocycles. The van der Waals surface area contributed by atoms with E-state index in [1.165, 1.54) is 11.3 Å². The Morgan fingerprint density at radius 2 is 2.19 bits per heavy atom. The van der Waals surface area contributed by atoms with Crippen molar-refractivity contribution in [3.05, 3.63) is 40.4 Å². The molecule has 0 aliphatic carbocycles. The zero-order valence-electron chi connectivity index (χ0n) is 14.6. The second-order valence-electron chi connectivity index (χ2n) is 6.45. The number of aliphatic hydroxyl groups excluding tert-OH is 1. The summed E-state index contributed by atoms with van der Waals surface area (Å²) in [5, 5.41) is 21.5. The lowest BCUT2D eigenvalue weighted by Gasteiger charge is -2.21. The Morgan fingerprint density at radius 1 is 1.38 bits per heavy atom. The average molecular weight is 371 g/mol. The lowest BCUT2D eigenvalue weighted by atomic mass is 10.1. The lowest BCUT2D eigenvalue weighted by molar-refractivity contribution is 0.0924. The summed E-state index contributed by atoms with van der Waals surface area (Å²) in [7, 11) is 1.64. The maximum absolute atomic E-state index is 10.4. The highest BCUT2D eigenvalue weighted by molar-refractivity contribution is 7.11. The average Bonchev–Trinajstić information content (AvgIpc) is 3.38. The standard InChI is InChI=1S/C19H21N3O3S/c1-24-13-6-4-12(5-7-13)15-11-26-19(21-15)17-16(23)10-22(18(17)20)9-14-3-2-8-25-14/h4-7,11,14,20,23H,2-3,8-10H2,1H3/t14-/m0/s1. The number of aliphatic hydroxyl groups is 1. The SMILES string of the molecule is COc1ccc(-c2csc(C3=C(O)CN(C[C@@H]4CCCO4)C3=N)n2)cc1. The van der Waals surface area contributed by atoms with Crippen molar-refractivity contribution in [2.75, 3.05) is 26.8 Å². The minimum Gasteiger partial charge on any atom is -0.510 e. The molecule has 1 saturated heterocycles. The van der Waals surface area contributed by atoms with E-state index in [1.54, 1.807) is 7.11 Å². The van der Waals surface area contributed by atoms with E-state index >= 15 is 0 Å². The zero-order valence-corrected chi connectivity index (χ0v) is 15.4. The van der Waals surface area contributed by atoms with E-state index in [4.69, 9.17) is 14.9 Å². The minimum atomic E-state index is 0.147. The predicted molar refractivity (Wildman–Crippen MR) is 102 cm³/mol. The normalized spacial score (nSPS) is 20.3. The predicted octanol–water partition coefficient (Wildman–Crippen LogP) is 3.56. The number of nitrogens with zero attached hydrogens (tertiary/aromatic N) is 2. The van der Waals surface area contributed by atoms with Gasteiger partial charge in [-0.05, 0) is 37.1 Å². The van der Waals surface area contributed by atoms with Gasteiger partial charge in [0.2, 0.25) is 0 Å². The first-order valence-corrected chi connectivity index (χ1v) is 9.51. The van der Waals surface area contributed by atoms with Gasteiger partial charge in [0.05, 0.1) is 31.0 Å². The zero-order chi connectivity index (χ0) is 18.1. The van der Waals surface area contributed by atoms with Gasteiger partial charge >= 0.3 is 0 Å². The van der Waals surface area contributed by atoms with Crippen molar-refractivity contribution < 1.29 is 14.6 Å². The Bertz CT molecular complexity index is 838. The Balaban J connectivity index is 1.52. The maximum Gasteiger partial charge on any atom is 0.135 e. The molecular weight excluding hydrogens is 350 g/mol. The molecule has 2 aliphatic rings. The van der Waals surface area contributed by atoms with E-state index < -0.39 is 0 Å². The number of thiazole rings is 1. The van der Waals surface area contributed by atoms with Gasteiger partial charge in [-0.3, -0.25) is 5.41 Å². The van der Waals surface area contributed by atoms with Gasteiger partial charge in [0, 0.05) is 24.1 Å². The van der Waals surface area contributed by atoms with E-state index in [1.807, 2.05) is 34.5 Å². The summed E-state index contributed by atoms with van der Waals surface area (Å²) in [6.07, 6.45) is 2.22. The van der Waals surface area contributed by atoms with Crippen molar-refractivity contribution in [3.63, 3.8) is 0 Å². The molecule has 0 amide bonds. The second-order valence-corrected chi connectivity index (χ2v) is 7.31. The molecule has 0 radical (unpaired) electrons. The van der Waals surface area contributed by atoms with Crippen molar-refractivity contribution in [2.45, 2.75) is 18.9 Å². The van der Waals surface area contributed by atoms with Crippen LogP contribution >= 0.6 is 11.3 Å². The molecule has 2 aromatic rings. The third kappa shape index (κ3) is 3.20. The molecule has 0 saturated carbocycles. The molecule has 2 aliphatic heterocycles. The first-order chi connectivity index (χ1) is 12.7. The number of ether oxygens (including phenoxy) is 2. The van der Waals surface area contributed by atoms with E-state index in [9.17, 15) is 5.11 Å². The van der Waals surface area contributed by atoms with Crippen LogP contribution in [0, 0.1) is 5.41 Å². The third-order valence-electron chi connectivity index (χ3n) is 4.73. The summed E-state index contributed by atoms with van der Waals surface area (Å²) in [6.45, 7) is 1.78. The minimum absolute atomic E-state index is 0.147. The first kappa shape index (κ1) is 17.1. The summed E-state index contributed by atoms with van der Waals surface area (Å²) in [5.41, 5.74) is 2.35. The van der Waals surface area contributed by atoms with Crippen molar-refractivity contribution in [1.82, 2.24) is 9.88 Å². The highest BCUT2D eigenvalue weighted by Crippen LogP contribution is 2.33. The number of methoxy groups -OCH3 is 1. The molecule has 0 spiro atoms. The Labute approximate surface area is 156 Å². The molecule has 2 N–H and O–H groups in total. The molecule has 4 rings (SSSR count). The van der Waals surface area contributed by atoms with Crippen LogP contribution in [0.1, 0.15) is 17.8 Å². The number of benzene rings is 1. The van der Waals surface area contributed by atoms with Gasteiger partial charge in [0.1, 0.15) is 22.4 Å². The van der Waals surface area contributed by atoms with Gasteiger partial charge in [0.15, 0.2) is 0 Å². The van der Waals surface area contributed by atoms with Crippen LogP contribution < -0.4 is 4.74 Å². The van der Waals surface area contributed by atoms with Crippen LogP contribution in [0.15, 0.2) is 35.4 Å². The van der Waals surface area contributed by atoms with Gasteiger partial charge < -0.3 is 19.5 Å². The van der Waals surface area contributed by atoms with Crippen LogP contribution in [0.25, 0.3) is 16.8 Å². The molecule has 26 heavy (non-hydrogen) atoms. The Hall–Kier alpha value is -2.38. The second kappa shape index (κ2) is 7.09. The number of amidine groups is 1. The van der Waals surface area contributed by atoms with Crippen LogP contribution in [0.3, 0.4) is 0 Å². The third-order valence-corrected chi connectivity index (χ3v) is 5.59. The summed E-state index contributed by atoms with van der Waals surface area (Å²) in [4.78, 5) is 6.52. The summed E-state index contributed by atoms with van der Waals surface area (Å²) in [6, 6.07) is 7.70. The van der Waals surface area contributed by atoms with Crippen LogP contribution in [0.5, 0.6) is 5.75 Å². The fourth-order valence-electron chi connectivity index (χ4n) is 3.33. The van der Waals surface area contributed by atoms with E-state index in [0.717, 1.165) is 36.5 Å². The molecule has 0 unspecified atom stereocenters. The number of hydrogen-bond acceptors (Lipinski definition) is 6. The van der Waals surface area contributed by atoms with E-state index in [0.29, 0.717) is 29.5 Å². The van der Waals surface area contributed by atoms with Crippen LogP contribution in [0.4, 0.5) is 0 Å². The fraction of sp³-hybridized carbons (Fsp3) is 0.368. The van der Waals surface area contributed by atoms with Crippen LogP contribution in [-0.2, 0) is 4.74 Å². The number of hydrogen-bond donors (Lipinski definition) is 2. The first-order valence-electron chi connectivity index (χ1n) is 8.63. The molecule has 1 atom stereocenters. The highest BCUT2D eigenvalue weighted by atomic mass is 32.1. The molecule has 136 valence electrons. The summed E-state index contributed by atoms with van der Waals surface area (Å²) in [5.74, 6) is 1.34. The largest absolute Gasteiger partial charge is 0.510 e. The molecule has 1 aromatic heterocycles. The molecule has 6 nitrogen and oxygen atoms in total. The molecular formula is C19H21N3O3S. The van der Waals surface area contributed by atoms with E-state index in [2.05, 4.69) is 4.98 Å². The Morgan fingerprint density at radius 3 is 2.88 bits per heavy atom. The van der Waals surface area contributed by atoms with Gasteiger partial charge in [-0.15, -0.1) is 11.3 Å². The molecule has 0 bridgehead atoms. The van der Waals surface area contributed by atoms with Crippen LogP contribution in [-0.4, -0.2) is 53.7 Å². The van der Waals surface area contributed by atoms with E-state index in [-0.39, 0.29) is 11.9 Å². The molecule has 1 fully saturated rings. The van der Waals surface area contributed by atoms with Crippen LogP contribution in [0.2, 0.25) is 0 Å². The van der Waals surface area contributed by atoms with Gasteiger partial charge in [-0.2, -0.15) is 0 Å². The Kier molecular flexibility index (Phi) is 4.65. The van der Waals surface area contributed by atoms with Crippen molar-refractivity contribution in [3.8, 4) is 17.0 Å². The molecule has 7 heteroatoms. The monoisotopic (exact) mass is 371 g/mol. The van der Waals surface area contributed by atoms with Gasteiger partial charge in [0.25, 0.3) is 0 Å².